The number of hydrogen-bond acceptors (Lipinski definition) is 2. The predicted octanol–water partition coefficient (Wildman–Crippen LogP) is 0.243. The summed E-state index contributed by atoms with van der Waals surface area (Å²) < 4.78 is 17.6. The molecule has 0 amide bonds. The molecule has 0 rings (SSSR count). The van der Waals surface area contributed by atoms with Gasteiger partial charge in [-0.2, -0.15) is 0 Å². The zero-order valence-electron chi connectivity index (χ0n) is 1.84. The lowest BCUT2D eigenvalue weighted by atomic mass is 10.8. The number of hydrogen-bond donors (Lipinski definition) is 0. The van der Waals surface area contributed by atoms with Gasteiger partial charge in [-0.15, -0.1) is 0 Å². The molecule has 0 saturated carbocycles. The van der Waals surface area contributed by atoms with Gasteiger partial charge in [-0.3, -0.25) is 9.13 Å². The van der Waals surface area contributed by atoms with Crippen LogP contribution in [-0.2, 0) is 9.13 Å². The molecule has 0 aromatic heterocycles. The van der Waals surface area contributed by atoms with E-state index in [0.29, 0.717) is 0 Å². The summed E-state index contributed by atoms with van der Waals surface area (Å²) in [5, 5.41) is 0. The summed E-state index contributed by atoms with van der Waals surface area (Å²) in [4.78, 5) is 0. The van der Waals surface area contributed by atoms with Gasteiger partial charge in [-0.25, -0.2) is 0 Å². The van der Waals surface area contributed by atoms with Gasteiger partial charge in [0.25, 0.3) is 7.57 Å². The van der Waals surface area contributed by atoms with Gasteiger partial charge in [-0.05, 0) is 0 Å². The first-order chi connectivity index (χ1) is 1.73. The molecule has 2 radical (unpaired) electrons. The Morgan fingerprint density at radius 3 is 1.50 bits per heavy atom. The van der Waals surface area contributed by atoms with Gasteiger partial charge in [0.05, 0.1) is 0 Å². The summed E-state index contributed by atoms with van der Waals surface area (Å²) in [6, 6.07) is 0. The minimum absolute atomic E-state index is 2.62. The van der Waals surface area contributed by atoms with Crippen molar-refractivity contribution < 1.29 is 9.13 Å². The lowest BCUT2D eigenvalue weighted by Gasteiger charge is -1.32. The minimum atomic E-state index is -2.62. The Bertz CT molecular complexity index is 54.4. The summed E-state index contributed by atoms with van der Waals surface area (Å²) in [7, 11) is 1.44. The van der Waals surface area contributed by atoms with Crippen molar-refractivity contribution in [1.29, 1.82) is 0 Å². The van der Waals surface area contributed by atoms with E-state index in [0.717, 1.165) is 0 Å². The molecule has 0 aliphatic heterocycles. The molecule has 0 aliphatic rings. The number of rotatable bonds is 0. The van der Waals surface area contributed by atoms with E-state index in [1.165, 1.54) is 0 Å². The van der Waals surface area contributed by atoms with Crippen molar-refractivity contribution in [3.63, 3.8) is 0 Å². The smallest absolute Gasteiger partial charge is 0.252 e. The quantitative estimate of drug-likeness (QED) is 0.304. The Balaban J connectivity index is 3.51. The minimum Gasteiger partial charge on any atom is -0.252 e. The van der Waals surface area contributed by atoms with Crippen LogP contribution in [0.2, 0.25) is 0 Å². The second kappa shape index (κ2) is 1.30. The van der Waals surface area contributed by atoms with Crippen molar-refractivity contribution in [2.75, 3.05) is 0 Å². The monoisotopic (exact) mass is 74.0 g/mol. The van der Waals surface area contributed by atoms with Gasteiger partial charge >= 0.3 is 0 Å². The third-order valence-electron chi connectivity index (χ3n) is 0. The third-order valence-corrected chi connectivity index (χ3v) is 0. The summed E-state index contributed by atoms with van der Waals surface area (Å²) in [5.74, 6) is 0. The van der Waals surface area contributed by atoms with Gasteiger partial charge in [0, 0.05) is 0 Å². The van der Waals surface area contributed by atoms with E-state index in [2.05, 4.69) is 7.57 Å². The molecule has 0 bridgehead atoms. The van der Waals surface area contributed by atoms with Crippen molar-refractivity contribution in [3.8, 4) is 0 Å². The van der Waals surface area contributed by atoms with E-state index in [-0.39, 0.29) is 0 Å². The zero-order chi connectivity index (χ0) is 3.58. The molecule has 0 N–H and O–H groups in total. The van der Waals surface area contributed by atoms with Crippen molar-refractivity contribution in [2.45, 2.75) is 0 Å². The molecular weight excluding hydrogens is 73.8 g/mol. The maximum absolute atomic E-state index is 8.81. The highest BCUT2D eigenvalue weighted by Gasteiger charge is 1.56. The van der Waals surface area contributed by atoms with E-state index >= 15 is 0 Å². The van der Waals surface area contributed by atoms with Crippen LogP contribution in [0, 0.1) is 0 Å². The maximum Gasteiger partial charge on any atom is 0.262 e. The first-order valence-corrected chi connectivity index (χ1v) is 1.87. The summed E-state index contributed by atoms with van der Waals surface area (Å²) in [5.41, 5.74) is 0. The molecule has 0 aromatic rings. The topological polar surface area (TPSA) is 34.1 Å². The normalized spacial score (nSPS) is 6.00. The zero-order valence-corrected chi connectivity index (χ0v) is 2.74. The molecule has 20 valence electrons. The molecule has 0 heterocycles. The van der Waals surface area contributed by atoms with Crippen LogP contribution in [0.15, 0.2) is 0 Å². The summed E-state index contributed by atoms with van der Waals surface area (Å²) in [6.45, 7) is 0. The molecule has 0 aromatic carbocycles. The fourth-order valence-electron chi connectivity index (χ4n) is 0. The molecule has 0 atom stereocenters. The van der Waals surface area contributed by atoms with E-state index in [1.807, 2.05) is 0 Å². The summed E-state index contributed by atoms with van der Waals surface area (Å²) in [6.07, 6.45) is 0. The Kier molecular flexibility index (Phi) is 1.29. The molecule has 4 heteroatoms. The average molecular weight is 73.8 g/mol. The third kappa shape index (κ3) is 1490. The van der Waals surface area contributed by atoms with E-state index < -0.39 is 7.56 Å². The van der Waals surface area contributed by atoms with Crippen molar-refractivity contribution >= 4 is 15.1 Å². The molecule has 0 unspecified atom stereocenters. The Hall–Kier alpha value is -0.0351. The van der Waals surface area contributed by atoms with Gasteiger partial charge in [-0.1, -0.05) is 0 Å². The lowest BCUT2D eigenvalue weighted by molar-refractivity contribution is 0.526. The van der Waals surface area contributed by atoms with Crippen molar-refractivity contribution in [2.24, 2.45) is 0 Å². The van der Waals surface area contributed by atoms with Crippen LogP contribution in [0.25, 0.3) is 0 Å². The highest BCUT2D eigenvalue weighted by molar-refractivity contribution is 7.61. The molecular formula is BO2P. The van der Waals surface area contributed by atoms with Crippen LogP contribution in [0.3, 0.4) is 0 Å². The molecule has 4 heavy (non-hydrogen) atoms. The first kappa shape index (κ1) is 3.96. The van der Waals surface area contributed by atoms with Crippen molar-refractivity contribution in [3.05, 3.63) is 0 Å². The second-order valence-electron chi connectivity index (χ2n) is 0.285. The van der Waals surface area contributed by atoms with E-state index in [4.69, 9.17) is 9.13 Å². The fourth-order valence-corrected chi connectivity index (χ4v) is 0. The van der Waals surface area contributed by atoms with Gasteiger partial charge in [0.2, 0.25) is 7.56 Å². The Morgan fingerprint density at radius 1 is 1.50 bits per heavy atom. The molecule has 2 nitrogen and oxygen atoms in total. The molecule has 0 aliphatic carbocycles. The van der Waals surface area contributed by atoms with Crippen LogP contribution in [-0.4, -0.2) is 7.57 Å². The average Bonchev–Trinajstić information content (AvgIpc) is 0.811. The molecule has 0 fully saturated rings. The van der Waals surface area contributed by atoms with Gasteiger partial charge in [0.15, 0.2) is 0 Å². The van der Waals surface area contributed by atoms with Crippen LogP contribution in [0.5, 0.6) is 0 Å². The summed E-state index contributed by atoms with van der Waals surface area (Å²) >= 11 is 0. The van der Waals surface area contributed by atoms with E-state index in [1.54, 1.807) is 0 Å². The largest absolute Gasteiger partial charge is 0.262 e. The maximum atomic E-state index is 8.81. The van der Waals surface area contributed by atoms with Crippen LogP contribution in [0.1, 0.15) is 0 Å². The van der Waals surface area contributed by atoms with Crippen LogP contribution >= 0.6 is 7.56 Å². The van der Waals surface area contributed by atoms with Gasteiger partial charge in [0.1, 0.15) is 0 Å². The highest BCUT2D eigenvalue weighted by Crippen LogP contribution is 1.83. The van der Waals surface area contributed by atoms with E-state index in [9.17, 15) is 0 Å². The standard InChI is InChI=1S/BO2P/c1-4(2)3. The first-order valence-electron chi connectivity index (χ1n) is 0.623. The Morgan fingerprint density at radius 2 is 1.50 bits per heavy atom. The van der Waals surface area contributed by atoms with Crippen LogP contribution in [0.4, 0.5) is 0 Å². The predicted molar refractivity (Wildman–Crippen MR) is 14.0 cm³/mol. The van der Waals surface area contributed by atoms with Gasteiger partial charge < -0.3 is 0 Å². The molecule has 0 saturated heterocycles. The lowest BCUT2D eigenvalue weighted by Crippen LogP contribution is -1.22. The molecule has 0 spiro atoms. The fraction of sp³-hybridized carbons (Fsp3) is 0. The van der Waals surface area contributed by atoms with Crippen LogP contribution < -0.4 is 0 Å². The second-order valence-corrected chi connectivity index (χ2v) is 0.856. The highest BCUT2D eigenvalue weighted by atomic mass is 31.1. The van der Waals surface area contributed by atoms with Crippen molar-refractivity contribution in [1.82, 2.24) is 0 Å². The SMILES string of the molecule is [B]P(=O)=O. The Labute approximate surface area is 25.4 Å².